The van der Waals surface area contributed by atoms with Crippen molar-refractivity contribution in [1.82, 2.24) is 15.5 Å². The van der Waals surface area contributed by atoms with Crippen LogP contribution in [0.4, 0.5) is 0 Å². The zero-order valence-corrected chi connectivity index (χ0v) is 13.5. The highest BCUT2D eigenvalue weighted by Gasteiger charge is 2.21. The summed E-state index contributed by atoms with van der Waals surface area (Å²) in [6, 6.07) is 5.71. The quantitative estimate of drug-likeness (QED) is 0.938. The summed E-state index contributed by atoms with van der Waals surface area (Å²) in [5, 5.41) is 7.26. The molecule has 0 aliphatic heterocycles. The Bertz CT molecular complexity index is 768. The van der Waals surface area contributed by atoms with Crippen molar-refractivity contribution in [2.24, 2.45) is 0 Å². The molecule has 0 aromatic carbocycles. The van der Waals surface area contributed by atoms with Crippen molar-refractivity contribution in [3.05, 3.63) is 65.0 Å². The lowest BCUT2D eigenvalue weighted by Crippen LogP contribution is -2.25. The number of carbonyl (C=O) groups excluding carboxylic acids is 1. The Morgan fingerprint density at radius 1 is 1.30 bits per heavy atom. The van der Waals surface area contributed by atoms with Crippen molar-refractivity contribution >= 4 is 11.4 Å². The molecule has 0 amide bonds. The van der Waals surface area contributed by atoms with E-state index in [-0.39, 0.29) is 11.8 Å². The molecule has 0 saturated carbocycles. The Balaban J connectivity index is 1.86. The van der Waals surface area contributed by atoms with Crippen molar-refractivity contribution in [2.45, 2.75) is 33.2 Å². The van der Waals surface area contributed by atoms with Crippen LogP contribution in [0, 0.1) is 13.8 Å². The minimum Gasteiger partial charge on any atom is -0.374 e. The van der Waals surface area contributed by atoms with Gasteiger partial charge in [-0.15, -0.1) is 0 Å². The van der Waals surface area contributed by atoms with Crippen LogP contribution >= 0.6 is 0 Å². The van der Waals surface area contributed by atoms with E-state index in [4.69, 9.17) is 4.52 Å². The predicted molar refractivity (Wildman–Crippen MR) is 87.4 cm³/mol. The van der Waals surface area contributed by atoms with Gasteiger partial charge in [0.2, 0.25) is 0 Å². The summed E-state index contributed by atoms with van der Waals surface area (Å²) >= 11 is 0. The second kappa shape index (κ2) is 6.20. The molecule has 0 saturated heterocycles. The molecule has 2 heterocycles. The third-order valence-corrected chi connectivity index (χ3v) is 3.93. The van der Waals surface area contributed by atoms with Crippen molar-refractivity contribution < 1.29 is 9.32 Å². The smallest absolute Gasteiger partial charge is 0.182 e. The van der Waals surface area contributed by atoms with Crippen LogP contribution < -0.4 is 5.32 Å². The van der Waals surface area contributed by atoms with Crippen LogP contribution in [0.15, 0.2) is 46.8 Å². The lowest BCUT2D eigenvalue weighted by atomic mass is 9.95. The fraction of sp³-hybridized carbons (Fsp3) is 0.278. The monoisotopic (exact) mass is 309 g/mol. The van der Waals surface area contributed by atoms with E-state index in [1.54, 1.807) is 6.20 Å². The fourth-order valence-electron chi connectivity index (χ4n) is 2.74. The second-order valence-corrected chi connectivity index (χ2v) is 5.66. The summed E-state index contributed by atoms with van der Waals surface area (Å²) in [6.07, 6.45) is 5.91. The van der Waals surface area contributed by atoms with Gasteiger partial charge in [0.1, 0.15) is 5.76 Å². The number of hydrogen-bond acceptors (Lipinski definition) is 5. The highest BCUT2D eigenvalue weighted by molar-refractivity contribution is 6.02. The molecule has 5 nitrogen and oxygen atoms in total. The van der Waals surface area contributed by atoms with E-state index in [9.17, 15) is 4.79 Å². The van der Waals surface area contributed by atoms with Gasteiger partial charge in [-0.2, -0.15) is 0 Å². The molecule has 2 aromatic heterocycles. The molecule has 2 aromatic rings. The molecule has 0 fully saturated rings. The Morgan fingerprint density at radius 3 is 2.78 bits per heavy atom. The number of Topliss-reactive ketones (excluding diaryl/α,β-unsaturated/α-hetero) is 1. The summed E-state index contributed by atoms with van der Waals surface area (Å²) < 4.78 is 5.23. The van der Waals surface area contributed by atoms with Gasteiger partial charge >= 0.3 is 0 Å². The molecule has 1 aliphatic carbocycles. The van der Waals surface area contributed by atoms with E-state index < -0.39 is 0 Å². The van der Waals surface area contributed by atoms with Gasteiger partial charge in [-0.05, 0) is 44.6 Å². The van der Waals surface area contributed by atoms with Gasteiger partial charge in [-0.1, -0.05) is 17.3 Å². The SMILES string of the molecule is Cc1noc(C)c1C1=CCC(=O)C(NC(C)c2ccccn2)=C1. The third-order valence-electron chi connectivity index (χ3n) is 3.93. The van der Waals surface area contributed by atoms with Crippen LogP contribution in [0.1, 0.15) is 42.1 Å². The van der Waals surface area contributed by atoms with Gasteiger partial charge in [-0.25, -0.2) is 0 Å². The number of carbonyl (C=O) groups is 1. The van der Waals surface area contributed by atoms with E-state index in [0.29, 0.717) is 12.1 Å². The zero-order chi connectivity index (χ0) is 16.4. The minimum atomic E-state index is -0.0459. The molecule has 5 heteroatoms. The number of aryl methyl sites for hydroxylation is 2. The molecule has 0 radical (unpaired) electrons. The number of ketones is 1. The van der Waals surface area contributed by atoms with Gasteiger partial charge < -0.3 is 9.84 Å². The molecule has 1 aliphatic rings. The Kier molecular flexibility index (Phi) is 4.10. The molecule has 1 atom stereocenters. The standard InChI is InChI=1S/C18H19N3O2/c1-11(15-6-4-5-9-19-15)20-16-10-14(7-8-17(16)22)18-12(2)21-23-13(18)3/h4-7,9-11,20H,8H2,1-3H3. The highest BCUT2D eigenvalue weighted by atomic mass is 16.5. The Morgan fingerprint density at radius 2 is 2.13 bits per heavy atom. The number of rotatable bonds is 4. The Labute approximate surface area is 135 Å². The predicted octanol–water partition coefficient (Wildman–Crippen LogP) is 3.28. The maximum Gasteiger partial charge on any atom is 0.182 e. The summed E-state index contributed by atoms with van der Waals surface area (Å²) in [5.41, 5.74) is 4.26. The molecule has 23 heavy (non-hydrogen) atoms. The number of nitrogens with one attached hydrogen (secondary N) is 1. The molecule has 0 spiro atoms. The van der Waals surface area contributed by atoms with Crippen LogP contribution in [0.25, 0.3) is 5.57 Å². The van der Waals surface area contributed by atoms with E-state index in [0.717, 1.165) is 28.3 Å². The van der Waals surface area contributed by atoms with Gasteiger partial charge in [0.15, 0.2) is 5.78 Å². The van der Waals surface area contributed by atoms with E-state index in [1.165, 1.54) is 0 Å². The van der Waals surface area contributed by atoms with Crippen molar-refractivity contribution in [2.75, 3.05) is 0 Å². The zero-order valence-electron chi connectivity index (χ0n) is 13.5. The number of pyridine rings is 1. The van der Waals surface area contributed by atoms with Gasteiger partial charge in [0, 0.05) is 18.2 Å². The molecule has 3 rings (SSSR count). The minimum absolute atomic E-state index is 0.0459. The summed E-state index contributed by atoms with van der Waals surface area (Å²) in [6.45, 7) is 5.77. The summed E-state index contributed by atoms with van der Waals surface area (Å²) in [4.78, 5) is 16.5. The first-order chi connectivity index (χ1) is 11.1. The van der Waals surface area contributed by atoms with Crippen molar-refractivity contribution in [3.63, 3.8) is 0 Å². The van der Waals surface area contributed by atoms with Crippen LogP contribution in [0.2, 0.25) is 0 Å². The van der Waals surface area contributed by atoms with Crippen LogP contribution in [-0.4, -0.2) is 15.9 Å². The van der Waals surface area contributed by atoms with Crippen LogP contribution in [0.3, 0.4) is 0 Å². The third kappa shape index (κ3) is 3.08. The van der Waals surface area contributed by atoms with Crippen molar-refractivity contribution in [3.8, 4) is 0 Å². The first-order valence-electron chi connectivity index (χ1n) is 7.62. The largest absolute Gasteiger partial charge is 0.374 e. The van der Waals surface area contributed by atoms with Gasteiger partial charge in [0.25, 0.3) is 0 Å². The molecule has 0 bridgehead atoms. The molecule has 1 unspecified atom stereocenters. The maximum atomic E-state index is 12.2. The number of hydrogen-bond donors (Lipinski definition) is 1. The normalized spacial score (nSPS) is 15.9. The molecular formula is C18H19N3O2. The average molecular weight is 309 g/mol. The fourth-order valence-corrected chi connectivity index (χ4v) is 2.74. The van der Waals surface area contributed by atoms with Crippen LogP contribution in [-0.2, 0) is 4.79 Å². The first kappa shape index (κ1) is 15.2. The highest BCUT2D eigenvalue weighted by Crippen LogP contribution is 2.28. The Hall–Kier alpha value is -2.69. The van der Waals surface area contributed by atoms with Crippen molar-refractivity contribution in [1.29, 1.82) is 0 Å². The van der Waals surface area contributed by atoms with Gasteiger partial charge in [-0.3, -0.25) is 9.78 Å². The number of allylic oxidation sites excluding steroid dienone is 4. The molecular weight excluding hydrogens is 290 g/mol. The summed E-state index contributed by atoms with van der Waals surface area (Å²) in [5.74, 6) is 0.833. The maximum absolute atomic E-state index is 12.2. The lowest BCUT2D eigenvalue weighted by molar-refractivity contribution is -0.115. The molecule has 118 valence electrons. The van der Waals surface area contributed by atoms with E-state index in [2.05, 4.69) is 15.5 Å². The second-order valence-electron chi connectivity index (χ2n) is 5.66. The topological polar surface area (TPSA) is 68.0 Å². The summed E-state index contributed by atoms with van der Waals surface area (Å²) in [7, 11) is 0. The van der Waals surface area contributed by atoms with Gasteiger partial charge in [0.05, 0.1) is 23.1 Å². The van der Waals surface area contributed by atoms with E-state index in [1.807, 2.05) is 51.1 Å². The molecule has 1 N–H and O–H groups in total. The van der Waals surface area contributed by atoms with Crippen LogP contribution in [0.5, 0.6) is 0 Å². The van der Waals surface area contributed by atoms with E-state index >= 15 is 0 Å². The number of aromatic nitrogens is 2. The lowest BCUT2D eigenvalue weighted by Gasteiger charge is -2.19. The first-order valence-corrected chi connectivity index (χ1v) is 7.62. The number of nitrogens with zero attached hydrogens (tertiary/aromatic N) is 2. The average Bonchev–Trinajstić information content (AvgIpc) is 2.89.